The lowest BCUT2D eigenvalue weighted by Crippen LogP contribution is -1.94. The molecule has 1 aliphatic carbocycles. The fraction of sp³-hybridized carbons (Fsp3) is 0.0769. The number of anilines is 1. The molecule has 1 aliphatic rings. The van der Waals surface area contributed by atoms with Gasteiger partial charge in [-0.15, -0.1) is 0 Å². The zero-order chi connectivity index (χ0) is 13.0. The van der Waals surface area contributed by atoms with Gasteiger partial charge in [0, 0.05) is 10.6 Å². The fourth-order valence-electron chi connectivity index (χ4n) is 2.34. The average Bonchev–Trinajstić information content (AvgIpc) is 2.60. The van der Waals surface area contributed by atoms with Crippen LogP contribution in [0.25, 0.3) is 11.1 Å². The van der Waals surface area contributed by atoms with Crippen molar-refractivity contribution in [3.63, 3.8) is 0 Å². The Morgan fingerprint density at radius 3 is 2.61 bits per heavy atom. The highest BCUT2D eigenvalue weighted by Crippen LogP contribution is 2.52. The van der Waals surface area contributed by atoms with Crippen molar-refractivity contribution in [1.29, 1.82) is 0 Å². The maximum atomic E-state index is 6.15. The molecule has 0 amide bonds. The van der Waals surface area contributed by atoms with Crippen LogP contribution in [0.1, 0.15) is 16.4 Å². The van der Waals surface area contributed by atoms with Crippen LogP contribution in [-0.4, -0.2) is 0 Å². The van der Waals surface area contributed by atoms with Gasteiger partial charge in [-0.05, 0) is 50.8 Å². The molecule has 0 saturated carbocycles. The molecule has 0 aromatic heterocycles. The second-order valence-electron chi connectivity index (χ2n) is 4.18. The molecule has 0 fully saturated rings. The van der Waals surface area contributed by atoms with Crippen molar-refractivity contribution in [2.75, 3.05) is 5.73 Å². The molecule has 0 spiro atoms. The van der Waals surface area contributed by atoms with Gasteiger partial charge in [-0.25, -0.2) is 0 Å². The molecule has 92 valence electrons. The summed E-state index contributed by atoms with van der Waals surface area (Å²) in [5.74, 6) is 0. The van der Waals surface area contributed by atoms with Crippen LogP contribution in [0.2, 0.25) is 10.0 Å². The molecule has 2 aromatic rings. The van der Waals surface area contributed by atoms with E-state index in [4.69, 9.17) is 28.9 Å². The first-order valence-corrected chi connectivity index (χ1v) is 7.32. The molecule has 18 heavy (non-hydrogen) atoms. The average molecular weight is 361 g/mol. The van der Waals surface area contributed by atoms with Crippen molar-refractivity contribution in [2.24, 2.45) is 0 Å². The number of hydrogen-bond donors (Lipinski definition) is 2. The van der Waals surface area contributed by atoms with Gasteiger partial charge in [0.05, 0.1) is 20.4 Å². The summed E-state index contributed by atoms with van der Waals surface area (Å²) in [6, 6.07) is 7.67. The zero-order valence-corrected chi connectivity index (χ0v) is 13.0. The summed E-state index contributed by atoms with van der Waals surface area (Å²) < 4.78 is 0.728. The summed E-state index contributed by atoms with van der Waals surface area (Å²) in [7, 11) is 0. The van der Waals surface area contributed by atoms with E-state index in [2.05, 4.69) is 28.6 Å². The molecule has 3 rings (SSSR count). The summed E-state index contributed by atoms with van der Waals surface area (Å²) in [6.07, 6.45) is 0. The fourth-order valence-corrected chi connectivity index (χ4v) is 3.47. The minimum Gasteiger partial charge on any atom is -0.397 e. The first-order chi connectivity index (χ1) is 8.50. The maximum absolute atomic E-state index is 6.15. The second kappa shape index (κ2) is 4.34. The van der Waals surface area contributed by atoms with Gasteiger partial charge in [0.15, 0.2) is 0 Å². The molecule has 0 heterocycles. The lowest BCUT2D eigenvalue weighted by atomic mass is 10.0. The van der Waals surface area contributed by atoms with Crippen LogP contribution in [0.15, 0.2) is 28.7 Å². The highest BCUT2D eigenvalue weighted by atomic mass is 79.9. The zero-order valence-electron chi connectivity index (χ0n) is 9.05. The minimum atomic E-state index is -0.0402. The van der Waals surface area contributed by atoms with E-state index in [0.717, 1.165) is 26.7 Å². The van der Waals surface area contributed by atoms with Crippen LogP contribution in [0.3, 0.4) is 0 Å². The molecule has 0 radical (unpaired) electrons. The Morgan fingerprint density at radius 2 is 1.89 bits per heavy atom. The Kier molecular flexibility index (Phi) is 3.06. The van der Waals surface area contributed by atoms with Gasteiger partial charge in [-0.1, -0.05) is 29.3 Å². The topological polar surface area (TPSA) is 26.0 Å². The first kappa shape index (κ1) is 12.7. The van der Waals surface area contributed by atoms with Gasteiger partial charge < -0.3 is 5.73 Å². The number of hydrogen-bond acceptors (Lipinski definition) is 2. The van der Waals surface area contributed by atoms with Gasteiger partial charge in [-0.3, -0.25) is 0 Å². The Morgan fingerprint density at radius 1 is 1.17 bits per heavy atom. The lowest BCUT2D eigenvalue weighted by Gasteiger charge is -2.10. The van der Waals surface area contributed by atoms with E-state index >= 15 is 0 Å². The predicted molar refractivity (Wildman–Crippen MR) is 84.8 cm³/mol. The van der Waals surface area contributed by atoms with Gasteiger partial charge in [0.2, 0.25) is 0 Å². The predicted octanol–water partition coefficient (Wildman–Crippen LogP) is 5.34. The molecule has 0 saturated heterocycles. The molecular formula is C13H8BrCl2NS. The van der Waals surface area contributed by atoms with E-state index in [1.807, 2.05) is 24.3 Å². The molecule has 2 N–H and O–H groups in total. The third-order valence-corrected chi connectivity index (χ3v) is 5.33. The van der Waals surface area contributed by atoms with E-state index in [0.29, 0.717) is 15.7 Å². The number of benzene rings is 2. The monoisotopic (exact) mass is 359 g/mol. The largest absolute Gasteiger partial charge is 0.397 e. The minimum absolute atomic E-state index is 0.0402. The van der Waals surface area contributed by atoms with Crippen molar-refractivity contribution in [3.8, 4) is 11.1 Å². The highest BCUT2D eigenvalue weighted by molar-refractivity contribution is 9.10. The van der Waals surface area contributed by atoms with Crippen LogP contribution in [0.5, 0.6) is 0 Å². The maximum Gasteiger partial charge on any atom is 0.0597 e. The summed E-state index contributed by atoms with van der Waals surface area (Å²) in [6.45, 7) is 0. The molecule has 1 nitrogen and oxygen atoms in total. The molecular weight excluding hydrogens is 353 g/mol. The van der Waals surface area contributed by atoms with Crippen LogP contribution >= 0.6 is 51.8 Å². The van der Waals surface area contributed by atoms with E-state index in [9.17, 15) is 0 Å². The van der Waals surface area contributed by atoms with Gasteiger partial charge >= 0.3 is 0 Å². The van der Waals surface area contributed by atoms with Crippen molar-refractivity contribution < 1.29 is 0 Å². The van der Waals surface area contributed by atoms with Crippen molar-refractivity contribution >= 4 is 57.4 Å². The number of thiol groups is 1. The molecule has 1 atom stereocenters. The quantitative estimate of drug-likeness (QED) is 0.481. The van der Waals surface area contributed by atoms with E-state index < -0.39 is 0 Å². The van der Waals surface area contributed by atoms with Crippen LogP contribution < -0.4 is 5.73 Å². The van der Waals surface area contributed by atoms with Crippen LogP contribution in [0, 0.1) is 0 Å². The summed E-state index contributed by atoms with van der Waals surface area (Å²) in [4.78, 5) is 0. The van der Waals surface area contributed by atoms with E-state index in [1.54, 1.807) is 0 Å². The standard InChI is InChI=1S/C13H8BrCl2NS/c14-11-9(16)4-8-10(12(11)17)6-2-1-5(15)3-7(6)13(8)18/h1-4,13,18H,17H2. The Hall–Kier alpha value is -0.350. The summed E-state index contributed by atoms with van der Waals surface area (Å²) in [5, 5.41) is 1.26. The Labute approximate surface area is 129 Å². The second-order valence-corrected chi connectivity index (χ2v) is 6.34. The summed E-state index contributed by atoms with van der Waals surface area (Å²) >= 11 is 20.2. The molecule has 0 aliphatic heterocycles. The molecule has 1 unspecified atom stereocenters. The summed E-state index contributed by atoms with van der Waals surface area (Å²) in [5.41, 5.74) is 11.0. The first-order valence-electron chi connectivity index (χ1n) is 5.26. The van der Waals surface area contributed by atoms with E-state index in [1.165, 1.54) is 0 Å². The molecule has 0 bridgehead atoms. The number of nitrogens with two attached hydrogens (primary N) is 1. The normalized spacial score (nSPS) is 16.6. The number of rotatable bonds is 0. The van der Waals surface area contributed by atoms with E-state index in [-0.39, 0.29) is 5.25 Å². The number of halogens is 3. The van der Waals surface area contributed by atoms with Crippen molar-refractivity contribution in [3.05, 3.63) is 49.9 Å². The number of nitrogen functional groups attached to an aromatic ring is 1. The Balaban J connectivity index is 2.38. The number of fused-ring (bicyclic) bond motifs is 3. The SMILES string of the molecule is Nc1c(Br)c(Cl)cc2c1-c1ccc(Cl)cc1C2S. The third-order valence-electron chi connectivity index (χ3n) is 3.16. The smallest absolute Gasteiger partial charge is 0.0597 e. The van der Waals surface area contributed by atoms with Gasteiger partial charge in [-0.2, -0.15) is 12.6 Å². The molecule has 5 heteroatoms. The third kappa shape index (κ3) is 1.68. The lowest BCUT2D eigenvalue weighted by molar-refractivity contribution is 1.23. The molecule has 2 aromatic carbocycles. The van der Waals surface area contributed by atoms with Crippen molar-refractivity contribution in [2.45, 2.75) is 5.25 Å². The van der Waals surface area contributed by atoms with Crippen LogP contribution in [0.4, 0.5) is 5.69 Å². The Bertz CT molecular complexity index is 673. The van der Waals surface area contributed by atoms with Gasteiger partial charge in [0.25, 0.3) is 0 Å². The van der Waals surface area contributed by atoms with Gasteiger partial charge in [0.1, 0.15) is 0 Å². The highest BCUT2D eigenvalue weighted by Gasteiger charge is 2.29. The van der Waals surface area contributed by atoms with Crippen molar-refractivity contribution in [1.82, 2.24) is 0 Å². The van der Waals surface area contributed by atoms with Crippen LogP contribution in [-0.2, 0) is 0 Å².